The Hall–Kier alpha value is -3.97. The van der Waals surface area contributed by atoms with Crippen molar-refractivity contribution in [3.8, 4) is 17.2 Å². The van der Waals surface area contributed by atoms with Crippen molar-refractivity contribution in [1.29, 1.82) is 0 Å². The number of aliphatic hydroxyl groups excluding tert-OH is 1. The number of rotatable bonds is 7. The van der Waals surface area contributed by atoms with Crippen LogP contribution in [0.3, 0.4) is 0 Å². The van der Waals surface area contributed by atoms with E-state index in [1.54, 1.807) is 30.3 Å². The van der Waals surface area contributed by atoms with Gasteiger partial charge in [-0.2, -0.15) is 0 Å². The number of benzene rings is 3. The molecule has 1 N–H and O–H groups in total. The lowest BCUT2D eigenvalue weighted by molar-refractivity contribution is -0.132. The van der Waals surface area contributed by atoms with E-state index in [4.69, 9.17) is 25.8 Å². The van der Waals surface area contributed by atoms with Gasteiger partial charge < -0.3 is 19.3 Å². The molecule has 1 aliphatic rings. The second kappa shape index (κ2) is 10.6. The first kappa shape index (κ1) is 26.1. The Kier molecular flexibility index (Phi) is 7.45. The molecule has 1 heterocycles. The van der Waals surface area contributed by atoms with Crippen LogP contribution in [0.25, 0.3) is 5.76 Å². The lowest BCUT2D eigenvalue weighted by Crippen LogP contribution is -2.30. The highest BCUT2D eigenvalue weighted by Crippen LogP contribution is 2.46. The Balaban J connectivity index is 2.04. The number of aliphatic hydroxyl groups is 1. The molecule has 3 aromatic carbocycles. The first-order valence-electron chi connectivity index (χ1n) is 11.7. The third-order valence-electron chi connectivity index (χ3n) is 6.29. The van der Waals surface area contributed by atoms with Crippen molar-refractivity contribution in [2.24, 2.45) is 0 Å². The summed E-state index contributed by atoms with van der Waals surface area (Å²) in [5, 5.41) is 11.9. The Labute approximate surface area is 220 Å². The number of halogens is 1. The van der Waals surface area contributed by atoms with Crippen LogP contribution in [0, 0.1) is 13.8 Å². The van der Waals surface area contributed by atoms with Gasteiger partial charge in [0.25, 0.3) is 11.7 Å². The predicted octanol–water partition coefficient (Wildman–Crippen LogP) is 6.00. The van der Waals surface area contributed by atoms with E-state index in [0.29, 0.717) is 40.1 Å². The highest BCUT2D eigenvalue weighted by atomic mass is 35.5. The van der Waals surface area contributed by atoms with E-state index < -0.39 is 17.7 Å². The molecule has 0 aromatic heterocycles. The molecule has 1 unspecified atom stereocenters. The van der Waals surface area contributed by atoms with Crippen molar-refractivity contribution >= 4 is 34.7 Å². The monoisotopic (exact) mass is 521 g/mol. The lowest BCUT2D eigenvalue weighted by Gasteiger charge is -2.27. The summed E-state index contributed by atoms with van der Waals surface area (Å²) < 4.78 is 16.6. The Morgan fingerprint density at radius 2 is 1.65 bits per heavy atom. The number of amides is 1. The van der Waals surface area contributed by atoms with Gasteiger partial charge in [0.2, 0.25) is 0 Å². The van der Waals surface area contributed by atoms with Crippen molar-refractivity contribution in [2.45, 2.75) is 26.8 Å². The Morgan fingerprint density at radius 1 is 0.946 bits per heavy atom. The molecule has 1 atom stereocenters. The van der Waals surface area contributed by atoms with Crippen molar-refractivity contribution in [2.75, 3.05) is 25.7 Å². The topological polar surface area (TPSA) is 85.3 Å². The molecule has 7 nitrogen and oxygen atoms in total. The van der Waals surface area contributed by atoms with Gasteiger partial charge in [0, 0.05) is 10.7 Å². The maximum atomic E-state index is 13.6. The Morgan fingerprint density at radius 3 is 2.32 bits per heavy atom. The zero-order chi connectivity index (χ0) is 26.9. The number of anilines is 1. The van der Waals surface area contributed by atoms with Gasteiger partial charge in [-0.15, -0.1) is 0 Å². The maximum Gasteiger partial charge on any atom is 0.300 e. The van der Waals surface area contributed by atoms with Gasteiger partial charge >= 0.3 is 0 Å². The summed E-state index contributed by atoms with van der Waals surface area (Å²) in [4.78, 5) is 28.6. The minimum Gasteiger partial charge on any atom is -0.507 e. The molecule has 192 valence electrons. The van der Waals surface area contributed by atoms with Crippen LogP contribution in [0.15, 0.2) is 60.2 Å². The van der Waals surface area contributed by atoms with E-state index in [0.717, 1.165) is 11.1 Å². The molecule has 1 saturated heterocycles. The van der Waals surface area contributed by atoms with Crippen LogP contribution < -0.4 is 19.1 Å². The number of ether oxygens (including phenoxy) is 3. The molecule has 0 bridgehead atoms. The number of carbonyl (C=O) groups is 2. The summed E-state index contributed by atoms with van der Waals surface area (Å²) in [7, 11) is 2.98. The first-order valence-corrected chi connectivity index (χ1v) is 12.1. The van der Waals surface area contributed by atoms with Gasteiger partial charge in [0.1, 0.15) is 11.5 Å². The van der Waals surface area contributed by atoms with Crippen LogP contribution in [0.2, 0.25) is 5.02 Å². The number of ketones is 1. The van der Waals surface area contributed by atoms with E-state index in [9.17, 15) is 14.7 Å². The number of carbonyl (C=O) groups excluding carboxylic acids is 2. The maximum absolute atomic E-state index is 13.6. The number of methoxy groups -OCH3 is 2. The molecule has 8 heteroatoms. The molecule has 37 heavy (non-hydrogen) atoms. The predicted molar refractivity (Wildman–Crippen MR) is 143 cm³/mol. The van der Waals surface area contributed by atoms with E-state index in [2.05, 4.69) is 0 Å². The van der Waals surface area contributed by atoms with E-state index in [1.165, 1.54) is 25.2 Å². The highest BCUT2D eigenvalue weighted by molar-refractivity contribution is 6.52. The number of aryl methyl sites for hydroxylation is 2. The summed E-state index contributed by atoms with van der Waals surface area (Å²) in [6.45, 7) is 6.01. The van der Waals surface area contributed by atoms with Crippen molar-refractivity contribution in [3.05, 3.63) is 87.4 Å². The second-order valence-corrected chi connectivity index (χ2v) is 9.08. The molecule has 1 fully saturated rings. The smallest absolute Gasteiger partial charge is 0.300 e. The fourth-order valence-corrected chi connectivity index (χ4v) is 4.69. The van der Waals surface area contributed by atoms with Crippen LogP contribution in [0.4, 0.5) is 5.69 Å². The molecule has 1 amide bonds. The molecule has 3 aromatic rings. The fourth-order valence-electron chi connectivity index (χ4n) is 4.52. The molecule has 4 rings (SSSR count). The number of hydrogen-bond donors (Lipinski definition) is 1. The van der Waals surface area contributed by atoms with Crippen molar-refractivity contribution < 1.29 is 28.9 Å². The first-order chi connectivity index (χ1) is 17.7. The van der Waals surface area contributed by atoms with Crippen molar-refractivity contribution in [1.82, 2.24) is 0 Å². The van der Waals surface area contributed by atoms with Gasteiger partial charge in [-0.05, 0) is 73.9 Å². The van der Waals surface area contributed by atoms with Crippen molar-refractivity contribution in [3.63, 3.8) is 0 Å². The SMILES string of the molecule is CCOc1cc(C2/C(=C(\O)c3cc(Cl)ccc3OC)C(=O)C(=O)N2c2cc(C)ccc2C)ccc1OC. The number of Topliss-reactive ketones (excluding diaryl/α,β-unsaturated/α-hetero) is 1. The standard InChI is InChI=1S/C29H28ClNO6/c1-6-37-24-14-18(9-11-23(24)36-5)26-25(27(32)20-15-19(30)10-12-22(20)35-4)28(33)29(34)31(26)21-13-16(2)7-8-17(21)3/h7-15,26,32H,6H2,1-5H3/b27-25+. The molecular formula is C29H28ClNO6. The zero-order valence-electron chi connectivity index (χ0n) is 21.3. The molecule has 0 radical (unpaired) electrons. The summed E-state index contributed by atoms with van der Waals surface area (Å²) in [5.74, 6) is -0.693. The normalized spacial score (nSPS) is 16.7. The van der Waals surface area contributed by atoms with E-state index in [1.807, 2.05) is 39.0 Å². The summed E-state index contributed by atoms with van der Waals surface area (Å²) in [5.41, 5.74) is 2.97. The van der Waals surface area contributed by atoms with Crippen LogP contribution in [-0.4, -0.2) is 37.6 Å². The minimum absolute atomic E-state index is 0.0842. The molecule has 0 aliphatic carbocycles. The van der Waals surface area contributed by atoms with Crippen LogP contribution in [-0.2, 0) is 9.59 Å². The lowest BCUT2D eigenvalue weighted by atomic mass is 9.94. The van der Waals surface area contributed by atoms with E-state index >= 15 is 0 Å². The molecule has 1 aliphatic heterocycles. The van der Waals surface area contributed by atoms with Gasteiger partial charge in [0.15, 0.2) is 11.5 Å². The summed E-state index contributed by atoms with van der Waals surface area (Å²) >= 11 is 6.21. The largest absolute Gasteiger partial charge is 0.507 e. The summed E-state index contributed by atoms with van der Waals surface area (Å²) in [6.07, 6.45) is 0. The highest BCUT2D eigenvalue weighted by Gasteiger charge is 2.48. The summed E-state index contributed by atoms with van der Waals surface area (Å²) in [6, 6.07) is 14.6. The van der Waals surface area contributed by atoms with Gasteiger partial charge in [-0.25, -0.2) is 0 Å². The quantitative estimate of drug-likeness (QED) is 0.233. The molecule has 0 spiro atoms. The van der Waals surface area contributed by atoms with Crippen LogP contribution in [0.5, 0.6) is 17.2 Å². The van der Waals surface area contributed by atoms with Crippen LogP contribution in [0.1, 0.15) is 35.2 Å². The average Bonchev–Trinajstić information content (AvgIpc) is 3.15. The minimum atomic E-state index is -0.950. The van der Waals surface area contributed by atoms with Gasteiger partial charge in [-0.1, -0.05) is 29.8 Å². The number of hydrogen-bond acceptors (Lipinski definition) is 6. The number of nitrogens with zero attached hydrogens (tertiary/aromatic N) is 1. The van der Waals surface area contributed by atoms with E-state index in [-0.39, 0.29) is 16.9 Å². The zero-order valence-corrected chi connectivity index (χ0v) is 22.1. The average molecular weight is 522 g/mol. The third kappa shape index (κ3) is 4.74. The molecule has 0 saturated carbocycles. The Bertz CT molecular complexity index is 1410. The van der Waals surface area contributed by atoms with Crippen LogP contribution >= 0.6 is 11.6 Å². The molecular weight excluding hydrogens is 494 g/mol. The van der Waals surface area contributed by atoms with Gasteiger partial charge in [-0.3, -0.25) is 14.5 Å². The third-order valence-corrected chi connectivity index (χ3v) is 6.52. The second-order valence-electron chi connectivity index (χ2n) is 8.65. The van der Waals surface area contributed by atoms with Gasteiger partial charge in [0.05, 0.1) is 38.0 Å². The fraction of sp³-hybridized carbons (Fsp3) is 0.241.